The summed E-state index contributed by atoms with van der Waals surface area (Å²) >= 11 is 0. The van der Waals surface area contributed by atoms with Gasteiger partial charge in [-0.05, 0) is 6.85 Å². The van der Waals surface area contributed by atoms with Gasteiger partial charge >= 0.3 is 0 Å². The third kappa shape index (κ3) is 1.96. The van der Waals surface area contributed by atoms with Gasteiger partial charge in [0.25, 0.3) is 0 Å². The van der Waals surface area contributed by atoms with Crippen LogP contribution in [0.4, 0.5) is 0 Å². The van der Waals surface area contributed by atoms with E-state index < -0.39 is 20.4 Å². The van der Waals surface area contributed by atoms with Crippen LogP contribution in [0.2, 0.25) is 0 Å². The molecule has 1 nitrogen and oxygen atoms in total. The Hall–Kier alpha value is -0.0400. The number of rotatable bonds is 1. The van der Waals surface area contributed by atoms with E-state index in [9.17, 15) is 0 Å². The fraction of sp³-hybridized carbons (Fsp3) is 1.00. The van der Waals surface area contributed by atoms with E-state index in [1.807, 2.05) is 0 Å². The predicted molar refractivity (Wildman–Crippen MR) is 17.6 cm³/mol. The molecule has 0 amide bonds. The highest BCUT2D eigenvalue weighted by Crippen LogP contribution is 1.52. The van der Waals surface area contributed by atoms with E-state index in [0.29, 0.717) is 0 Å². The van der Waals surface area contributed by atoms with Gasteiger partial charge in [-0.2, -0.15) is 0 Å². The van der Waals surface area contributed by atoms with Crippen LogP contribution in [-0.2, 0) is 4.74 Å². The monoisotopic (exact) mass is 68.1 g/mol. The molecule has 0 saturated heterocycles. The van der Waals surface area contributed by atoms with E-state index in [1.54, 1.807) is 0 Å². The maximum atomic E-state index is 6.76. The highest BCUT2D eigenvalue weighted by atomic mass is 16.5. The van der Waals surface area contributed by atoms with Gasteiger partial charge in [0.05, 0.1) is 6.85 Å². The largest absolute Gasteiger partial charge is 0.385 e. The van der Waals surface area contributed by atoms with Gasteiger partial charge in [0, 0.05) is 17.7 Å². The highest BCUT2D eigenvalue weighted by Gasteiger charge is 1.51. The second-order valence-corrected chi connectivity index (χ2v) is 0.204. The van der Waals surface area contributed by atoms with E-state index in [-0.39, 0.29) is 0 Å². The van der Waals surface area contributed by atoms with Crippen molar-refractivity contribution in [2.24, 2.45) is 0 Å². The summed E-state index contributed by atoms with van der Waals surface area (Å²) in [5.41, 5.74) is 0. The van der Waals surface area contributed by atoms with Gasteiger partial charge in [-0.25, -0.2) is 0 Å². The fourth-order valence-corrected chi connectivity index (χ4v) is 0. The second-order valence-electron chi connectivity index (χ2n) is 0.204. The molecule has 1 heteroatoms. The van der Waals surface area contributed by atoms with Crippen LogP contribution in [-0.4, -0.2) is 13.6 Å². The minimum absolute atomic E-state index is 3.04. The molecule has 0 saturated carbocycles. The number of hydrogen-bond acceptors (Lipinski definition) is 1. The maximum absolute atomic E-state index is 6.76. The van der Waals surface area contributed by atoms with Crippen LogP contribution in [0, 0.1) is 0 Å². The molecule has 0 fully saturated rings. The van der Waals surface area contributed by atoms with Crippen LogP contribution in [0.5, 0.6) is 0 Å². The molecule has 0 rings (SSSR count). The zero-order chi connectivity index (χ0) is 10.2. The second kappa shape index (κ2) is 2.96. The van der Waals surface area contributed by atoms with Crippen molar-refractivity contribution in [3.8, 4) is 0 Å². The van der Waals surface area contributed by atoms with E-state index >= 15 is 0 Å². The number of ether oxygens (including phenoxy) is 1. The summed E-state index contributed by atoms with van der Waals surface area (Å²) in [5.74, 6) is 0. The van der Waals surface area contributed by atoms with Crippen molar-refractivity contribution in [2.75, 3.05) is 13.6 Å². The Bertz CT molecular complexity index is 153. The molecular weight excluding hydrogens is 52.0 g/mol. The molecule has 26 valence electrons. The van der Waals surface area contributed by atoms with Gasteiger partial charge in [0.1, 0.15) is 0 Å². The molecular formula is C3H8O. The summed E-state index contributed by atoms with van der Waals surface area (Å²) in [6, 6.07) is 0. The van der Waals surface area contributed by atoms with Crippen molar-refractivity contribution in [1.82, 2.24) is 0 Å². The van der Waals surface area contributed by atoms with Crippen molar-refractivity contribution in [3.05, 3.63) is 0 Å². The Balaban J connectivity index is 4.44. The van der Waals surface area contributed by atoms with Crippen LogP contribution in [0.25, 0.3) is 0 Å². The maximum Gasteiger partial charge on any atom is 0.0563 e. The standard InChI is InChI=1S/C3H8O/c1-3-4-2/h3H2,1-2H3/i1D3,2D3,3D2. The molecule has 4 heavy (non-hydrogen) atoms. The van der Waals surface area contributed by atoms with Crippen LogP contribution in [0.15, 0.2) is 0 Å². The molecule has 0 aliphatic heterocycles. The lowest BCUT2D eigenvalue weighted by Crippen LogP contribution is -1.73. The summed E-state index contributed by atoms with van der Waals surface area (Å²) in [5, 5.41) is 0. The molecule has 0 aromatic heterocycles. The Morgan fingerprint density at radius 2 is 3.50 bits per heavy atom. The third-order valence-corrected chi connectivity index (χ3v) is 0.0510. The Labute approximate surface area is 37.8 Å². The Morgan fingerprint density at radius 3 is 3.75 bits per heavy atom. The van der Waals surface area contributed by atoms with E-state index in [1.165, 1.54) is 0 Å². The molecule has 0 aromatic carbocycles. The van der Waals surface area contributed by atoms with Crippen LogP contribution < -0.4 is 0 Å². The SMILES string of the molecule is [2H]C([2H])([2H])OC([2H])([2H])C([2H])([2H])[2H]. The van der Waals surface area contributed by atoms with Gasteiger partial charge in [-0.3, -0.25) is 0 Å². The third-order valence-electron chi connectivity index (χ3n) is 0.0510. The molecule has 0 spiro atoms. The lowest BCUT2D eigenvalue weighted by Gasteiger charge is -1.76. The van der Waals surface area contributed by atoms with Gasteiger partial charge in [-0.15, -0.1) is 0 Å². The smallest absolute Gasteiger partial charge is 0.0563 e. The topological polar surface area (TPSA) is 9.23 Å². The molecule has 0 heterocycles. The molecule has 0 radical (unpaired) electrons. The molecule has 0 bridgehead atoms. The fourth-order valence-electron chi connectivity index (χ4n) is 0. The summed E-state index contributed by atoms with van der Waals surface area (Å²) in [7, 11) is -3.04. The quantitative estimate of drug-likeness (QED) is 0.438. The van der Waals surface area contributed by atoms with Crippen molar-refractivity contribution >= 4 is 0 Å². The summed E-state index contributed by atoms with van der Waals surface area (Å²) in [4.78, 5) is 0. The zero-order valence-electron chi connectivity index (χ0n) is 9.91. The number of methoxy groups -OCH3 is 1. The first-order valence-corrected chi connectivity index (χ1v) is 0.658. The lowest BCUT2D eigenvalue weighted by atomic mass is 10.9. The first-order chi connectivity index (χ1) is 4.96. The first kappa shape index (κ1) is 0.289. The first-order valence-electron chi connectivity index (χ1n) is 4.66. The normalized spacial score (nSPS) is 47.0. The van der Waals surface area contributed by atoms with E-state index in [0.717, 1.165) is 0 Å². The van der Waals surface area contributed by atoms with Gasteiger partial charge in [0.15, 0.2) is 0 Å². The van der Waals surface area contributed by atoms with Crippen molar-refractivity contribution in [1.29, 1.82) is 0 Å². The highest BCUT2D eigenvalue weighted by molar-refractivity contribution is 3.94. The average Bonchev–Trinajstić information content (AvgIpc) is 1.52. The van der Waals surface area contributed by atoms with Gasteiger partial charge in [0.2, 0.25) is 0 Å². The average molecular weight is 68.1 g/mol. The van der Waals surface area contributed by atoms with Crippen molar-refractivity contribution in [3.63, 3.8) is 0 Å². The lowest BCUT2D eigenvalue weighted by molar-refractivity contribution is 0.215. The Morgan fingerprint density at radius 1 is 2.50 bits per heavy atom. The minimum Gasteiger partial charge on any atom is -0.385 e. The van der Waals surface area contributed by atoms with Gasteiger partial charge in [-0.1, -0.05) is 0 Å². The predicted octanol–water partition coefficient (Wildman–Crippen LogP) is 0.653. The Kier molecular flexibility index (Phi) is 0.214. The van der Waals surface area contributed by atoms with E-state index in [4.69, 9.17) is 11.0 Å². The molecule has 0 N–H and O–H groups in total. The van der Waals surface area contributed by atoms with Gasteiger partial charge < -0.3 is 4.74 Å². The molecule has 0 aromatic rings. The van der Waals surface area contributed by atoms with Crippen LogP contribution in [0.1, 0.15) is 17.8 Å². The molecule has 0 aliphatic rings. The molecule has 0 unspecified atom stereocenters. The van der Waals surface area contributed by atoms with E-state index in [2.05, 4.69) is 4.74 Å². The summed E-state index contributed by atoms with van der Waals surface area (Å²) in [6.07, 6.45) is 0. The summed E-state index contributed by atoms with van der Waals surface area (Å²) in [6.45, 7) is -6.24. The summed E-state index contributed by atoms with van der Waals surface area (Å²) < 4.78 is 56.5. The van der Waals surface area contributed by atoms with Crippen molar-refractivity contribution < 1.29 is 15.7 Å². The van der Waals surface area contributed by atoms with Crippen molar-refractivity contribution in [2.45, 2.75) is 6.85 Å². The molecule has 0 atom stereocenters. The number of hydrogen-bond donors (Lipinski definition) is 0. The minimum atomic E-state index is -3.14. The molecule has 0 aliphatic carbocycles. The zero-order valence-corrected chi connectivity index (χ0v) is 1.91. The van der Waals surface area contributed by atoms with Crippen LogP contribution in [0.3, 0.4) is 0 Å². The van der Waals surface area contributed by atoms with Crippen LogP contribution >= 0.6 is 0 Å².